The lowest BCUT2D eigenvalue weighted by molar-refractivity contribution is -0.167. The number of hydrogen-bond donors (Lipinski definition) is 0. The summed E-state index contributed by atoms with van der Waals surface area (Å²) in [6, 6.07) is 0. The van der Waals surface area contributed by atoms with E-state index in [0.717, 1.165) is 75.5 Å². The standard InChI is InChI=1S/C60H116O6/c1-54(2)46-40-34-28-22-17-13-11-9-7-8-10-12-14-20-26-33-39-45-51-60(63)66-57(53-65-59(62)50-44-38-32-27-21-24-30-36-42-48-56(5)6)52-64-58(61)49-43-37-31-25-19-16-15-18-23-29-35-41-47-55(3)4/h54-57H,7-53H2,1-6H3/t57-/m1/s1. The molecule has 1 atom stereocenters. The van der Waals surface area contributed by atoms with Crippen molar-refractivity contribution in [2.75, 3.05) is 13.2 Å². The molecule has 0 aliphatic heterocycles. The monoisotopic (exact) mass is 933 g/mol. The van der Waals surface area contributed by atoms with Crippen LogP contribution in [0.3, 0.4) is 0 Å². The van der Waals surface area contributed by atoms with Gasteiger partial charge in [-0.15, -0.1) is 0 Å². The van der Waals surface area contributed by atoms with Crippen molar-refractivity contribution in [1.29, 1.82) is 0 Å². The predicted octanol–water partition coefficient (Wildman–Crippen LogP) is 19.5. The van der Waals surface area contributed by atoms with Gasteiger partial charge in [0, 0.05) is 19.3 Å². The van der Waals surface area contributed by atoms with Gasteiger partial charge in [0.05, 0.1) is 0 Å². The molecule has 0 unspecified atom stereocenters. The summed E-state index contributed by atoms with van der Waals surface area (Å²) >= 11 is 0. The maximum atomic E-state index is 12.9. The van der Waals surface area contributed by atoms with Crippen LogP contribution >= 0.6 is 0 Å². The van der Waals surface area contributed by atoms with Crippen LogP contribution in [0.1, 0.15) is 330 Å². The third-order valence-corrected chi connectivity index (χ3v) is 13.6. The lowest BCUT2D eigenvalue weighted by Gasteiger charge is -2.18. The molecule has 0 aliphatic carbocycles. The molecule has 0 aromatic carbocycles. The zero-order chi connectivity index (χ0) is 48.4. The predicted molar refractivity (Wildman–Crippen MR) is 284 cm³/mol. The Labute approximate surface area is 412 Å². The Balaban J connectivity index is 4.26. The summed E-state index contributed by atoms with van der Waals surface area (Å²) < 4.78 is 16.9. The van der Waals surface area contributed by atoms with Crippen molar-refractivity contribution in [3.8, 4) is 0 Å². The minimum atomic E-state index is -0.764. The average molecular weight is 934 g/mol. The molecular formula is C60H116O6. The molecule has 0 rings (SSSR count). The number of esters is 3. The molecule has 0 heterocycles. The van der Waals surface area contributed by atoms with E-state index in [2.05, 4.69) is 41.5 Å². The number of rotatable bonds is 53. The van der Waals surface area contributed by atoms with Crippen LogP contribution < -0.4 is 0 Å². The minimum absolute atomic E-state index is 0.0637. The molecule has 0 radical (unpaired) electrons. The molecule has 0 saturated heterocycles. The van der Waals surface area contributed by atoms with Gasteiger partial charge in [0.25, 0.3) is 0 Å². The molecule has 0 spiro atoms. The lowest BCUT2D eigenvalue weighted by atomic mass is 10.0. The summed E-state index contributed by atoms with van der Waals surface area (Å²) in [4.78, 5) is 38.1. The first-order valence-corrected chi connectivity index (χ1v) is 29.6. The van der Waals surface area contributed by atoms with Gasteiger partial charge in [0.2, 0.25) is 0 Å². The Morgan fingerprint density at radius 3 is 0.652 bits per heavy atom. The molecule has 0 N–H and O–H groups in total. The molecule has 392 valence electrons. The first kappa shape index (κ1) is 64.4. The van der Waals surface area contributed by atoms with E-state index >= 15 is 0 Å². The molecule has 6 heteroatoms. The second-order valence-electron chi connectivity index (χ2n) is 22.1. The van der Waals surface area contributed by atoms with Crippen LogP contribution in [0.4, 0.5) is 0 Å². The second-order valence-corrected chi connectivity index (χ2v) is 22.1. The number of ether oxygens (including phenoxy) is 3. The normalized spacial score (nSPS) is 12.1. The van der Waals surface area contributed by atoms with Crippen LogP contribution in [0.15, 0.2) is 0 Å². The maximum Gasteiger partial charge on any atom is 0.306 e. The molecule has 0 bridgehead atoms. The summed E-state index contributed by atoms with van der Waals surface area (Å²) in [6.45, 7) is 13.8. The zero-order valence-corrected chi connectivity index (χ0v) is 45.5. The summed E-state index contributed by atoms with van der Waals surface area (Å²) in [5, 5.41) is 0. The highest BCUT2D eigenvalue weighted by atomic mass is 16.6. The molecule has 0 amide bonds. The summed E-state index contributed by atoms with van der Waals surface area (Å²) in [6.07, 6.45) is 53.9. The fraction of sp³-hybridized carbons (Fsp3) is 0.950. The van der Waals surface area contributed by atoms with Gasteiger partial charge in [0.1, 0.15) is 13.2 Å². The van der Waals surface area contributed by atoms with Gasteiger partial charge >= 0.3 is 17.9 Å². The van der Waals surface area contributed by atoms with E-state index in [9.17, 15) is 14.4 Å². The Morgan fingerprint density at radius 1 is 0.258 bits per heavy atom. The van der Waals surface area contributed by atoms with Gasteiger partial charge in [-0.2, -0.15) is 0 Å². The van der Waals surface area contributed by atoms with E-state index in [1.165, 1.54) is 212 Å². The van der Waals surface area contributed by atoms with Gasteiger partial charge in [0.15, 0.2) is 6.10 Å². The molecule has 66 heavy (non-hydrogen) atoms. The molecule has 0 fully saturated rings. The van der Waals surface area contributed by atoms with Gasteiger partial charge in [-0.05, 0) is 37.0 Å². The fourth-order valence-corrected chi connectivity index (χ4v) is 9.18. The lowest BCUT2D eigenvalue weighted by Crippen LogP contribution is -2.30. The van der Waals surface area contributed by atoms with E-state index in [1.807, 2.05) is 0 Å². The van der Waals surface area contributed by atoms with Crippen LogP contribution in [-0.4, -0.2) is 37.2 Å². The fourth-order valence-electron chi connectivity index (χ4n) is 9.18. The smallest absolute Gasteiger partial charge is 0.306 e. The first-order valence-electron chi connectivity index (χ1n) is 29.6. The van der Waals surface area contributed by atoms with Gasteiger partial charge < -0.3 is 14.2 Å². The van der Waals surface area contributed by atoms with Gasteiger partial charge in [-0.1, -0.05) is 292 Å². The molecule has 0 saturated carbocycles. The number of unbranched alkanes of at least 4 members (excludes halogenated alkanes) is 36. The first-order chi connectivity index (χ1) is 32.1. The van der Waals surface area contributed by atoms with E-state index in [0.29, 0.717) is 19.3 Å². The van der Waals surface area contributed by atoms with Crippen molar-refractivity contribution in [3.63, 3.8) is 0 Å². The third-order valence-electron chi connectivity index (χ3n) is 13.6. The Morgan fingerprint density at radius 2 is 0.439 bits per heavy atom. The highest BCUT2D eigenvalue weighted by Crippen LogP contribution is 2.19. The Hall–Kier alpha value is -1.59. The number of carbonyl (C=O) groups excluding carboxylic acids is 3. The van der Waals surface area contributed by atoms with Crippen molar-refractivity contribution < 1.29 is 28.6 Å². The topological polar surface area (TPSA) is 78.9 Å². The van der Waals surface area contributed by atoms with Crippen molar-refractivity contribution >= 4 is 17.9 Å². The quantitative estimate of drug-likeness (QED) is 0.0343. The van der Waals surface area contributed by atoms with Crippen molar-refractivity contribution in [2.24, 2.45) is 17.8 Å². The summed E-state index contributed by atoms with van der Waals surface area (Å²) in [5.74, 6) is 1.66. The van der Waals surface area contributed by atoms with Crippen molar-refractivity contribution in [2.45, 2.75) is 337 Å². The third kappa shape index (κ3) is 53.4. The van der Waals surface area contributed by atoms with E-state index in [4.69, 9.17) is 14.2 Å². The van der Waals surface area contributed by atoms with E-state index in [1.54, 1.807) is 0 Å². The Bertz CT molecular complexity index is 1020. The second kappa shape index (κ2) is 51.3. The maximum absolute atomic E-state index is 12.9. The van der Waals surface area contributed by atoms with Crippen LogP contribution in [0.5, 0.6) is 0 Å². The molecule has 6 nitrogen and oxygen atoms in total. The molecule has 0 aliphatic rings. The van der Waals surface area contributed by atoms with Crippen LogP contribution in [0.25, 0.3) is 0 Å². The van der Waals surface area contributed by atoms with Crippen molar-refractivity contribution in [3.05, 3.63) is 0 Å². The molecular weight excluding hydrogens is 817 g/mol. The van der Waals surface area contributed by atoms with Gasteiger partial charge in [-0.3, -0.25) is 14.4 Å². The van der Waals surface area contributed by atoms with E-state index < -0.39 is 6.10 Å². The average Bonchev–Trinajstić information content (AvgIpc) is 3.28. The molecule has 0 aromatic rings. The molecule has 0 aromatic heterocycles. The van der Waals surface area contributed by atoms with Crippen molar-refractivity contribution in [1.82, 2.24) is 0 Å². The largest absolute Gasteiger partial charge is 0.462 e. The van der Waals surface area contributed by atoms with E-state index in [-0.39, 0.29) is 31.1 Å². The zero-order valence-electron chi connectivity index (χ0n) is 45.5. The summed E-state index contributed by atoms with van der Waals surface area (Å²) in [7, 11) is 0. The van der Waals surface area contributed by atoms with Crippen LogP contribution in [0, 0.1) is 17.8 Å². The highest BCUT2D eigenvalue weighted by molar-refractivity contribution is 5.71. The van der Waals surface area contributed by atoms with Gasteiger partial charge in [-0.25, -0.2) is 0 Å². The van der Waals surface area contributed by atoms with Crippen LogP contribution in [-0.2, 0) is 28.6 Å². The highest BCUT2D eigenvalue weighted by Gasteiger charge is 2.19. The number of hydrogen-bond acceptors (Lipinski definition) is 6. The Kier molecular flexibility index (Phi) is 50.0. The minimum Gasteiger partial charge on any atom is -0.462 e. The number of carbonyl (C=O) groups is 3. The summed E-state index contributed by atoms with van der Waals surface area (Å²) in [5.41, 5.74) is 0. The van der Waals surface area contributed by atoms with Crippen LogP contribution in [0.2, 0.25) is 0 Å². The SMILES string of the molecule is CC(C)CCCCCCCCCCCCCCCCCCCCC(=O)O[C@H](COC(=O)CCCCCCCCCCCCCCC(C)C)COC(=O)CCCCCCCCCCCC(C)C.